The van der Waals surface area contributed by atoms with E-state index in [-0.39, 0.29) is 30.1 Å². The van der Waals surface area contributed by atoms with E-state index in [1.807, 2.05) is 0 Å². The fourth-order valence-electron chi connectivity index (χ4n) is 2.89. The summed E-state index contributed by atoms with van der Waals surface area (Å²) < 4.78 is 10.7. The first-order valence-corrected chi connectivity index (χ1v) is 7.80. The second-order valence-corrected chi connectivity index (χ2v) is 5.70. The Morgan fingerprint density at radius 1 is 1.15 bits per heavy atom. The lowest BCUT2D eigenvalue weighted by Gasteiger charge is -2.29. The van der Waals surface area contributed by atoms with Gasteiger partial charge in [0.15, 0.2) is 0 Å². The predicted octanol–water partition coefficient (Wildman–Crippen LogP) is 2.74. The van der Waals surface area contributed by atoms with Crippen molar-refractivity contribution < 1.29 is 18.9 Å². The average molecular weight is 352 g/mol. The fourth-order valence-corrected chi connectivity index (χ4v) is 2.89. The molecule has 0 N–H and O–H groups in total. The van der Waals surface area contributed by atoms with Crippen molar-refractivity contribution in [3.8, 4) is 5.75 Å². The Labute approximate surface area is 146 Å². The molecule has 0 unspecified atom stereocenters. The van der Waals surface area contributed by atoms with Gasteiger partial charge in [0.2, 0.25) is 0 Å². The molecule has 1 aromatic heterocycles. The van der Waals surface area contributed by atoms with Gasteiger partial charge < -0.3 is 14.1 Å². The molecular formula is C18H12N2O6. The van der Waals surface area contributed by atoms with Gasteiger partial charge in [-0.15, -0.1) is 0 Å². The van der Waals surface area contributed by atoms with E-state index >= 15 is 0 Å². The topological polar surface area (TPSA) is 103 Å². The van der Waals surface area contributed by atoms with Crippen LogP contribution in [0.4, 0.5) is 11.4 Å². The van der Waals surface area contributed by atoms with Crippen LogP contribution in [0.1, 0.15) is 10.4 Å². The largest absolute Gasteiger partial charge is 0.490 e. The SMILES string of the molecule is O=C(c1cc2ccccc2oc1=O)N1CCOc2ccc([N+](=O)[O-])cc21. The number of amides is 1. The Morgan fingerprint density at radius 2 is 1.96 bits per heavy atom. The molecule has 1 aliphatic rings. The molecule has 8 heteroatoms. The lowest BCUT2D eigenvalue weighted by molar-refractivity contribution is -0.384. The first-order chi connectivity index (χ1) is 12.5. The van der Waals surface area contributed by atoms with Crippen LogP contribution in [0.5, 0.6) is 5.75 Å². The van der Waals surface area contributed by atoms with E-state index in [0.717, 1.165) is 0 Å². The highest BCUT2D eigenvalue weighted by atomic mass is 16.6. The standard InChI is InChI=1S/C18H12N2O6/c21-17(13-9-11-3-1-2-4-15(11)26-18(13)22)19-7-8-25-16-6-5-12(20(23)24)10-14(16)19/h1-6,9-10H,7-8H2. The van der Waals surface area contributed by atoms with Crippen molar-refractivity contribution >= 4 is 28.3 Å². The quantitative estimate of drug-likeness (QED) is 0.399. The smallest absolute Gasteiger partial charge is 0.349 e. The van der Waals surface area contributed by atoms with Crippen LogP contribution < -0.4 is 15.3 Å². The molecule has 130 valence electrons. The van der Waals surface area contributed by atoms with Gasteiger partial charge in [-0.3, -0.25) is 14.9 Å². The number of para-hydroxylation sites is 1. The predicted molar refractivity (Wildman–Crippen MR) is 92.8 cm³/mol. The molecule has 1 amide bonds. The van der Waals surface area contributed by atoms with Crippen LogP contribution in [0.2, 0.25) is 0 Å². The van der Waals surface area contributed by atoms with Crippen molar-refractivity contribution in [2.45, 2.75) is 0 Å². The average Bonchev–Trinajstić information content (AvgIpc) is 2.66. The molecule has 4 rings (SSSR count). The van der Waals surface area contributed by atoms with Gasteiger partial charge in [-0.05, 0) is 18.2 Å². The minimum atomic E-state index is -0.757. The zero-order chi connectivity index (χ0) is 18.3. The van der Waals surface area contributed by atoms with Crippen LogP contribution in [0.25, 0.3) is 11.0 Å². The fraction of sp³-hybridized carbons (Fsp3) is 0.111. The second-order valence-electron chi connectivity index (χ2n) is 5.70. The third-order valence-electron chi connectivity index (χ3n) is 4.13. The monoisotopic (exact) mass is 352 g/mol. The molecule has 0 saturated carbocycles. The van der Waals surface area contributed by atoms with Gasteiger partial charge in [0.1, 0.15) is 23.5 Å². The first kappa shape index (κ1) is 15.8. The maximum Gasteiger partial charge on any atom is 0.349 e. The van der Waals surface area contributed by atoms with Gasteiger partial charge >= 0.3 is 5.63 Å². The summed E-state index contributed by atoms with van der Waals surface area (Å²) >= 11 is 0. The van der Waals surface area contributed by atoms with Gasteiger partial charge in [0.05, 0.1) is 17.2 Å². The summed E-state index contributed by atoms with van der Waals surface area (Å²) in [5.74, 6) is -0.241. The summed E-state index contributed by atoms with van der Waals surface area (Å²) in [5.41, 5.74) is -0.428. The maximum absolute atomic E-state index is 12.9. The van der Waals surface area contributed by atoms with Crippen LogP contribution in [0.3, 0.4) is 0 Å². The van der Waals surface area contributed by atoms with Crippen molar-refractivity contribution in [1.82, 2.24) is 0 Å². The van der Waals surface area contributed by atoms with Crippen molar-refractivity contribution in [3.05, 3.63) is 74.6 Å². The molecule has 2 aromatic carbocycles. The summed E-state index contributed by atoms with van der Waals surface area (Å²) in [7, 11) is 0. The van der Waals surface area contributed by atoms with E-state index in [9.17, 15) is 19.7 Å². The third-order valence-corrected chi connectivity index (χ3v) is 4.13. The minimum Gasteiger partial charge on any atom is -0.490 e. The number of hydrogen-bond acceptors (Lipinski definition) is 6. The summed E-state index contributed by atoms with van der Waals surface area (Å²) in [5, 5.41) is 11.6. The van der Waals surface area contributed by atoms with Crippen molar-refractivity contribution in [2.24, 2.45) is 0 Å². The van der Waals surface area contributed by atoms with Gasteiger partial charge in [-0.1, -0.05) is 18.2 Å². The van der Waals surface area contributed by atoms with Crippen molar-refractivity contribution in [2.75, 3.05) is 18.1 Å². The highest BCUT2D eigenvalue weighted by Gasteiger charge is 2.29. The number of fused-ring (bicyclic) bond motifs is 2. The number of nitrogens with zero attached hydrogens (tertiary/aromatic N) is 2. The normalized spacial score (nSPS) is 13.2. The summed E-state index contributed by atoms with van der Waals surface area (Å²) in [6.07, 6.45) is 0. The van der Waals surface area contributed by atoms with Gasteiger partial charge in [0.25, 0.3) is 11.6 Å². The Balaban J connectivity index is 1.81. The number of non-ortho nitro benzene ring substituents is 1. The lowest BCUT2D eigenvalue weighted by Crippen LogP contribution is -2.39. The molecule has 0 bridgehead atoms. The molecule has 8 nitrogen and oxygen atoms in total. The molecule has 0 saturated heterocycles. The number of carbonyl (C=O) groups excluding carboxylic acids is 1. The zero-order valence-electron chi connectivity index (χ0n) is 13.4. The zero-order valence-corrected chi connectivity index (χ0v) is 13.4. The highest BCUT2D eigenvalue weighted by Crippen LogP contribution is 2.35. The van der Waals surface area contributed by atoms with Crippen LogP contribution >= 0.6 is 0 Å². The van der Waals surface area contributed by atoms with Crippen LogP contribution in [-0.2, 0) is 0 Å². The highest BCUT2D eigenvalue weighted by molar-refractivity contribution is 6.08. The molecule has 0 radical (unpaired) electrons. The van der Waals surface area contributed by atoms with E-state index in [0.29, 0.717) is 16.7 Å². The second kappa shape index (κ2) is 5.99. The Kier molecular flexibility index (Phi) is 3.65. The number of hydrogen-bond donors (Lipinski definition) is 0. The number of nitro groups is 1. The van der Waals surface area contributed by atoms with Gasteiger partial charge in [-0.25, -0.2) is 4.79 Å². The summed E-state index contributed by atoms with van der Waals surface area (Å²) in [6.45, 7) is 0.384. The molecule has 26 heavy (non-hydrogen) atoms. The minimum absolute atomic E-state index is 0.136. The van der Waals surface area contributed by atoms with Crippen LogP contribution in [0, 0.1) is 10.1 Å². The number of carbonyl (C=O) groups is 1. The summed E-state index contributed by atoms with van der Waals surface area (Å²) in [6, 6.07) is 12.3. The van der Waals surface area contributed by atoms with E-state index in [1.165, 1.54) is 29.2 Å². The molecular weight excluding hydrogens is 340 g/mol. The van der Waals surface area contributed by atoms with Gasteiger partial charge in [-0.2, -0.15) is 0 Å². The molecule has 2 heterocycles. The number of anilines is 1. The van der Waals surface area contributed by atoms with E-state index < -0.39 is 16.5 Å². The van der Waals surface area contributed by atoms with Gasteiger partial charge in [0, 0.05) is 17.5 Å². The molecule has 0 aliphatic carbocycles. The molecule has 0 fully saturated rings. The summed E-state index contributed by atoms with van der Waals surface area (Å²) in [4.78, 5) is 37.0. The van der Waals surface area contributed by atoms with E-state index in [4.69, 9.17) is 9.15 Å². The van der Waals surface area contributed by atoms with Crippen molar-refractivity contribution in [1.29, 1.82) is 0 Å². The maximum atomic E-state index is 12.9. The van der Waals surface area contributed by atoms with Crippen molar-refractivity contribution in [3.63, 3.8) is 0 Å². The molecule has 1 aliphatic heterocycles. The van der Waals surface area contributed by atoms with E-state index in [2.05, 4.69) is 0 Å². The molecule has 3 aromatic rings. The first-order valence-electron chi connectivity index (χ1n) is 7.80. The van der Waals surface area contributed by atoms with E-state index in [1.54, 1.807) is 24.3 Å². The molecule has 0 spiro atoms. The number of nitro benzene ring substituents is 1. The Hall–Kier alpha value is -3.68. The number of benzene rings is 2. The third kappa shape index (κ3) is 2.57. The van der Waals surface area contributed by atoms with Crippen LogP contribution in [-0.4, -0.2) is 24.0 Å². The van der Waals surface area contributed by atoms with Crippen LogP contribution in [0.15, 0.2) is 57.7 Å². The molecule has 0 atom stereocenters. The Bertz CT molecular complexity index is 1100. The number of rotatable bonds is 2. The number of ether oxygens (including phenoxy) is 1. The lowest BCUT2D eigenvalue weighted by atomic mass is 10.1. The Morgan fingerprint density at radius 3 is 2.77 bits per heavy atom.